The van der Waals surface area contributed by atoms with Gasteiger partial charge < -0.3 is 29.5 Å². The van der Waals surface area contributed by atoms with Crippen molar-refractivity contribution in [3.8, 4) is 11.7 Å². The number of aromatic nitrogens is 4. The fraction of sp³-hybridized carbons (Fsp3) is 0.500. The Morgan fingerprint density at radius 2 is 2.00 bits per heavy atom. The van der Waals surface area contributed by atoms with Crippen LogP contribution in [-0.2, 0) is 9.47 Å². The van der Waals surface area contributed by atoms with E-state index in [-0.39, 0.29) is 24.3 Å². The third-order valence-corrected chi connectivity index (χ3v) is 6.48. The topological polar surface area (TPSA) is 127 Å². The van der Waals surface area contributed by atoms with Gasteiger partial charge in [-0.25, -0.2) is 18.6 Å². The molecule has 0 radical (unpaired) electrons. The van der Waals surface area contributed by atoms with Crippen molar-refractivity contribution in [2.75, 3.05) is 57.9 Å². The molecule has 2 aliphatic heterocycles. The number of imidazole rings is 1. The predicted molar refractivity (Wildman–Crippen MR) is 132 cm³/mol. The molecule has 2 aromatic heterocycles. The molecule has 0 spiro atoms. The van der Waals surface area contributed by atoms with Crippen LogP contribution in [0.4, 0.5) is 19.5 Å². The lowest BCUT2D eigenvalue weighted by atomic mass is 10.3. The fourth-order valence-corrected chi connectivity index (χ4v) is 4.58. The zero-order valence-electron chi connectivity index (χ0n) is 20.8. The second-order valence-corrected chi connectivity index (χ2v) is 8.94. The van der Waals surface area contributed by atoms with Crippen LogP contribution in [0.25, 0.3) is 16.9 Å². The van der Waals surface area contributed by atoms with Gasteiger partial charge in [-0.3, -0.25) is 9.47 Å². The summed E-state index contributed by atoms with van der Waals surface area (Å²) < 4.78 is 45.6. The minimum Gasteiger partial charge on any atom is -0.473 e. The van der Waals surface area contributed by atoms with Crippen molar-refractivity contribution >= 4 is 23.1 Å². The molecule has 2 atom stereocenters. The quantitative estimate of drug-likeness (QED) is 0.442. The number of halogens is 2. The number of fused-ring (bicyclic) bond motifs is 1. The zero-order valence-corrected chi connectivity index (χ0v) is 20.8. The Morgan fingerprint density at radius 1 is 1.21 bits per heavy atom. The number of hydrogen-bond donors (Lipinski definition) is 2. The summed E-state index contributed by atoms with van der Waals surface area (Å²) in [6.07, 6.45) is -4.10. The SMILES string of the molecule is COC(=O)NCC(O)N1CC[C@H](Oc2cc(-n3c(C(F)F)nc4ccccc43)nc(N3CCOCC3)n2)C1. The van der Waals surface area contributed by atoms with Crippen molar-refractivity contribution in [1.82, 2.24) is 29.7 Å². The van der Waals surface area contributed by atoms with E-state index in [4.69, 9.17) is 9.47 Å². The van der Waals surface area contributed by atoms with Gasteiger partial charge in [0, 0.05) is 32.2 Å². The summed E-state index contributed by atoms with van der Waals surface area (Å²) in [4.78, 5) is 28.3. The normalized spacial score (nSPS) is 19.2. The molecule has 0 aliphatic carbocycles. The number of benzene rings is 1. The van der Waals surface area contributed by atoms with E-state index in [2.05, 4.69) is 25.0 Å². The van der Waals surface area contributed by atoms with Crippen LogP contribution in [0.3, 0.4) is 0 Å². The van der Waals surface area contributed by atoms with Gasteiger partial charge in [0.1, 0.15) is 18.1 Å². The third kappa shape index (κ3) is 5.61. The number of aliphatic hydroxyl groups excluding tert-OH is 1. The maximum absolute atomic E-state index is 14.0. The van der Waals surface area contributed by atoms with Crippen LogP contribution in [0.2, 0.25) is 0 Å². The van der Waals surface area contributed by atoms with E-state index < -0.39 is 24.6 Å². The van der Waals surface area contributed by atoms with Crippen LogP contribution in [0, 0.1) is 0 Å². The van der Waals surface area contributed by atoms with E-state index >= 15 is 0 Å². The molecule has 2 fully saturated rings. The maximum Gasteiger partial charge on any atom is 0.406 e. The van der Waals surface area contributed by atoms with Crippen LogP contribution in [0.1, 0.15) is 18.7 Å². The lowest BCUT2D eigenvalue weighted by molar-refractivity contribution is 0.0144. The number of alkyl halides is 2. The fourth-order valence-electron chi connectivity index (χ4n) is 4.58. The highest BCUT2D eigenvalue weighted by molar-refractivity contribution is 5.78. The molecule has 2 N–H and O–H groups in total. The van der Waals surface area contributed by atoms with E-state index in [1.807, 2.05) is 4.90 Å². The first-order valence-electron chi connectivity index (χ1n) is 12.3. The number of methoxy groups -OCH3 is 1. The first kappa shape index (κ1) is 26.0. The van der Waals surface area contributed by atoms with Crippen molar-refractivity contribution in [3.05, 3.63) is 36.2 Å². The Balaban J connectivity index is 1.43. The van der Waals surface area contributed by atoms with Crippen LogP contribution in [0.5, 0.6) is 5.88 Å². The number of amides is 1. The van der Waals surface area contributed by atoms with Crippen LogP contribution < -0.4 is 15.0 Å². The summed E-state index contributed by atoms with van der Waals surface area (Å²) in [7, 11) is 1.25. The van der Waals surface area contributed by atoms with Gasteiger partial charge >= 0.3 is 6.09 Å². The van der Waals surface area contributed by atoms with E-state index in [0.717, 1.165) is 0 Å². The molecule has 4 heterocycles. The molecule has 1 amide bonds. The molecule has 14 heteroatoms. The largest absolute Gasteiger partial charge is 0.473 e. The van der Waals surface area contributed by atoms with E-state index in [1.54, 1.807) is 29.2 Å². The monoisotopic (exact) mass is 533 g/mol. The van der Waals surface area contributed by atoms with Crippen molar-refractivity contribution in [2.45, 2.75) is 25.2 Å². The standard InChI is InChI=1S/C24H29F2N7O5/c1-36-24(35)27-13-20(34)32-7-6-15(14-32)38-19-12-18(29-23(30-19)31-8-10-37-11-9-31)33-17-5-3-2-4-16(17)28-22(33)21(25)26/h2-5,12,15,20-21,34H,6-11,13-14H2,1H3,(H,27,35)/t15-,20?/m0/s1. The molecule has 0 saturated carbocycles. The van der Waals surface area contributed by atoms with Crippen molar-refractivity contribution in [2.24, 2.45) is 0 Å². The number of rotatable bonds is 8. The van der Waals surface area contributed by atoms with Crippen LogP contribution in [-0.4, -0.2) is 101 Å². The van der Waals surface area contributed by atoms with Gasteiger partial charge in [-0.2, -0.15) is 9.97 Å². The summed E-state index contributed by atoms with van der Waals surface area (Å²) in [5.74, 6) is 0.370. The molecular formula is C24H29F2N7O5. The van der Waals surface area contributed by atoms with Crippen LogP contribution in [0.15, 0.2) is 30.3 Å². The molecule has 3 aromatic rings. The van der Waals surface area contributed by atoms with Crippen molar-refractivity contribution in [1.29, 1.82) is 0 Å². The van der Waals surface area contributed by atoms with Crippen LogP contribution >= 0.6 is 0 Å². The number of para-hydroxylation sites is 2. The number of carbonyl (C=O) groups is 1. The zero-order chi connectivity index (χ0) is 26.6. The first-order valence-corrected chi connectivity index (χ1v) is 12.3. The van der Waals surface area contributed by atoms with E-state index in [9.17, 15) is 18.7 Å². The molecule has 38 heavy (non-hydrogen) atoms. The second kappa shape index (κ2) is 11.4. The summed E-state index contributed by atoms with van der Waals surface area (Å²) in [6, 6.07) is 8.41. The predicted octanol–water partition coefficient (Wildman–Crippen LogP) is 1.72. The number of alkyl carbamates (subject to hydrolysis) is 1. The van der Waals surface area contributed by atoms with Gasteiger partial charge in [-0.1, -0.05) is 12.1 Å². The molecular weight excluding hydrogens is 504 g/mol. The molecule has 204 valence electrons. The lowest BCUT2D eigenvalue weighted by Gasteiger charge is -2.27. The molecule has 0 bridgehead atoms. The molecule has 1 unspecified atom stereocenters. The number of ether oxygens (including phenoxy) is 3. The Hall–Kier alpha value is -3.62. The summed E-state index contributed by atoms with van der Waals surface area (Å²) >= 11 is 0. The average Bonchev–Trinajstić information content (AvgIpc) is 3.57. The Bertz CT molecular complexity index is 1270. The van der Waals surface area contributed by atoms with Gasteiger partial charge in [0.2, 0.25) is 11.8 Å². The molecule has 1 aromatic carbocycles. The average molecular weight is 534 g/mol. The maximum atomic E-state index is 14.0. The van der Waals surface area contributed by atoms with Gasteiger partial charge in [-0.05, 0) is 18.6 Å². The molecule has 2 aliphatic rings. The Kier molecular flexibility index (Phi) is 7.81. The number of aliphatic hydroxyl groups is 1. The highest BCUT2D eigenvalue weighted by atomic mass is 19.3. The first-order chi connectivity index (χ1) is 18.4. The number of hydrogen-bond acceptors (Lipinski definition) is 10. The Morgan fingerprint density at radius 3 is 2.76 bits per heavy atom. The van der Waals surface area contributed by atoms with Gasteiger partial charge in [0.15, 0.2) is 5.82 Å². The van der Waals surface area contributed by atoms with Gasteiger partial charge in [-0.15, -0.1) is 0 Å². The van der Waals surface area contributed by atoms with Gasteiger partial charge in [0.25, 0.3) is 6.43 Å². The van der Waals surface area contributed by atoms with Crippen molar-refractivity contribution < 1.29 is 32.9 Å². The second-order valence-electron chi connectivity index (χ2n) is 8.94. The minimum absolute atomic E-state index is 0.00232. The third-order valence-electron chi connectivity index (χ3n) is 6.48. The van der Waals surface area contributed by atoms with E-state index in [1.165, 1.54) is 17.7 Å². The lowest BCUT2D eigenvalue weighted by Crippen LogP contribution is -2.43. The molecule has 5 rings (SSSR count). The minimum atomic E-state index is -2.82. The number of nitrogens with one attached hydrogen (secondary N) is 1. The summed E-state index contributed by atoms with van der Waals surface area (Å²) in [5, 5.41) is 12.9. The Labute approximate surface area is 217 Å². The highest BCUT2D eigenvalue weighted by Crippen LogP contribution is 2.30. The van der Waals surface area contributed by atoms with Crippen molar-refractivity contribution in [3.63, 3.8) is 0 Å². The number of morpholine rings is 1. The summed E-state index contributed by atoms with van der Waals surface area (Å²) in [6.45, 7) is 3.00. The molecule has 12 nitrogen and oxygen atoms in total. The summed E-state index contributed by atoms with van der Waals surface area (Å²) in [5.41, 5.74) is 0.923. The van der Waals surface area contributed by atoms with Gasteiger partial charge in [0.05, 0.1) is 37.9 Å². The number of anilines is 1. The number of likely N-dealkylation sites (tertiary alicyclic amines) is 1. The number of nitrogens with zero attached hydrogens (tertiary/aromatic N) is 6. The number of carbonyl (C=O) groups excluding carboxylic acids is 1. The highest BCUT2D eigenvalue weighted by Gasteiger charge is 2.30. The molecule has 2 saturated heterocycles. The van der Waals surface area contributed by atoms with E-state index in [0.29, 0.717) is 62.8 Å². The smallest absolute Gasteiger partial charge is 0.406 e.